The van der Waals surface area contributed by atoms with E-state index in [1.54, 1.807) is 17.9 Å². The first kappa shape index (κ1) is 18.2. The first-order valence-electron chi connectivity index (χ1n) is 8.28. The van der Waals surface area contributed by atoms with Gasteiger partial charge in [-0.1, -0.05) is 25.3 Å². The molecule has 0 spiro atoms. The molecule has 1 heterocycles. The molecule has 24 heavy (non-hydrogen) atoms. The number of aryl methyl sites for hydroxylation is 1. The topological polar surface area (TPSA) is 93.5 Å². The molecule has 0 aliphatic heterocycles. The van der Waals surface area contributed by atoms with Crippen molar-refractivity contribution in [2.24, 2.45) is 7.05 Å². The zero-order valence-electron chi connectivity index (χ0n) is 14.0. The van der Waals surface area contributed by atoms with E-state index < -0.39 is 17.9 Å². The van der Waals surface area contributed by atoms with Crippen molar-refractivity contribution in [1.29, 1.82) is 0 Å². The van der Waals surface area contributed by atoms with Crippen LogP contribution in [0.3, 0.4) is 0 Å². The van der Waals surface area contributed by atoms with Gasteiger partial charge < -0.3 is 15.2 Å². The number of rotatable bonds is 8. The molecule has 1 atom stereocenters. The molecule has 1 fully saturated rings. The third-order valence-corrected chi connectivity index (χ3v) is 4.22. The summed E-state index contributed by atoms with van der Waals surface area (Å²) >= 11 is 0. The molecule has 1 aliphatic rings. The summed E-state index contributed by atoms with van der Waals surface area (Å²) in [5, 5.41) is 16.2. The Hall–Kier alpha value is -2.15. The van der Waals surface area contributed by atoms with Gasteiger partial charge in [0.15, 0.2) is 6.04 Å². The van der Waals surface area contributed by atoms with Crippen molar-refractivity contribution in [2.45, 2.75) is 44.1 Å². The average molecular weight is 335 g/mol. The highest BCUT2D eigenvalue weighted by Gasteiger charge is 2.27. The summed E-state index contributed by atoms with van der Waals surface area (Å²) in [4.78, 5) is 23.9. The normalized spacial score (nSPS) is 16.5. The van der Waals surface area contributed by atoms with Crippen molar-refractivity contribution in [3.8, 4) is 0 Å². The number of nitrogens with zero attached hydrogens (tertiary/aromatic N) is 2. The molecular weight excluding hydrogens is 310 g/mol. The molecule has 7 nitrogen and oxygen atoms in total. The molecule has 1 amide bonds. The van der Waals surface area contributed by atoms with Crippen LogP contribution in [0.1, 0.15) is 54.1 Å². The largest absolute Gasteiger partial charge is 0.480 e. The Labute approximate surface area is 141 Å². The summed E-state index contributed by atoms with van der Waals surface area (Å²) in [7, 11) is 1.77. The van der Waals surface area contributed by atoms with Gasteiger partial charge in [-0.05, 0) is 12.8 Å². The van der Waals surface area contributed by atoms with E-state index in [-0.39, 0.29) is 19.1 Å². The molecule has 2 rings (SSSR count). The fourth-order valence-corrected chi connectivity index (χ4v) is 3.04. The minimum Gasteiger partial charge on any atom is -0.480 e. The van der Waals surface area contributed by atoms with Gasteiger partial charge in [0.05, 0.1) is 24.5 Å². The van der Waals surface area contributed by atoms with E-state index in [4.69, 9.17) is 4.74 Å². The van der Waals surface area contributed by atoms with E-state index in [0.29, 0.717) is 5.56 Å². The molecule has 1 aromatic rings. The lowest BCUT2D eigenvalue weighted by molar-refractivity contribution is -0.140. The third kappa shape index (κ3) is 4.67. The molecule has 0 saturated heterocycles. The average Bonchev–Trinajstić information content (AvgIpc) is 2.96. The van der Waals surface area contributed by atoms with Crippen LogP contribution in [0.15, 0.2) is 18.9 Å². The molecule has 2 N–H and O–H groups in total. The molecule has 0 bridgehead atoms. The highest BCUT2D eigenvalue weighted by Crippen LogP contribution is 2.33. The molecule has 1 unspecified atom stereocenters. The zero-order chi connectivity index (χ0) is 17.5. The van der Waals surface area contributed by atoms with Crippen LogP contribution < -0.4 is 5.32 Å². The van der Waals surface area contributed by atoms with Gasteiger partial charge in [0.1, 0.15) is 0 Å². The Morgan fingerprint density at radius 1 is 1.50 bits per heavy atom. The van der Waals surface area contributed by atoms with Crippen LogP contribution in [0, 0.1) is 0 Å². The predicted molar refractivity (Wildman–Crippen MR) is 88.9 cm³/mol. The quantitative estimate of drug-likeness (QED) is 0.559. The Balaban J connectivity index is 2.10. The fraction of sp³-hybridized carbons (Fsp3) is 0.588. The number of carboxylic acids is 1. The molecule has 0 aromatic carbocycles. The van der Waals surface area contributed by atoms with E-state index in [0.717, 1.165) is 31.4 Å². The van der Waals surface area contributed by atoms with E-state index in [2.05, 4.69) is 17.0 Å². The molecule has 7 heteroatoms. The number of hydrogen-bond acceptors (Lipinski definition) is 4. The number of carbonyl (C=O) groups excluding carboxylic acids is 1. The number of nitrogens with one attached hydrogen (secondary N) is 1. The van der Waals surface area contributed by atoms with Crippen LogP contribution in [-0.2, 0) is 16.6 Å². The summed E-state index contributed by atoms with van der Waals surface area (Å²) in [5.41, 5.74) is 1.23. The van der Waals surface area contributed by atoms with Crippen molar-refractivity contribution in [2.75, 3.05) is 13.2 Å². The Morgan fingerprint density at radius 2 is 2.21 bits per heavy atom. The van der Waals surface area contributed by atoms with Gasteiger partial charge in [0.25, 0.3) is 5.91 Å². The van der Waals surface area contributed by atoms with Crippen LogP contribution in [-0.4, -0.2) is 46.0 Å². The Bertz CT molecular complexity index is 591. The first-order valence-corrected chi connectivity index (χ1v) is 8.28. The van der Waals surface area contributed by atoms with Gasteiger partial charge >= 0.3 is 5.97 Å². The molecule has 1 aromatic heterocycles. The minimum atomic E-state index is -1.13. The van der Waals surface area contributed by atoms with Crippen LogP contribution >= 0.6 is 0 Å². The number of aromatic nitrogens is 2. The monoisotopic (exact) mass is 335 g/mol. The van der Waals surface area contributed by atoms with E-state index in [1.807, 2.05) is 0 Å². The first-order chi connectivity index (χ1) is 11.5. The van der Waals surface area contributed by atoms with Gasteiger partial charge in [0, 0.05) is 19.2 Å². The van der Waals surface area contributed by atoms with Crippen molar-refractivity contribution in [3.63, 3.8) is 0 Å². The standard InChI is InChI=1S/C17H25N3O4/c1-3-9-24-11-14(17(22)23)18-16(21)13-10-20(2)19-15(13)12-7-5-4-6-8-12/h3,10,12,14H,1,4-9,11H2,2H3,(H,18,21)(H,22,23). The number of aliphatic carboxylic acids is 1. The van der Waals surface area contributed by atoms with Crippen LogP contribution in [0.4, 0.5) is 0 Å². The van der Waals surface area contributed by atoms with E-state index in [9.17, 15) is 14.7 Å². The Morgan fingerprint density at radius 3 is 2.83 bits per heavy atom. The maximum absolute atomic E-state index is 12.6. The van der Waals surface area contributed by atoms with Crippen LogP contribution in [0.25, 0.3) is 0 Å². The second-order valence-electron chi connectivity index (χ2n) is 6.13. The highest BCUT2D eigenvalue weighted by atomic mass is 16.5. The number of ether oxygens (including phenoxy) is 1. The zero-order valence-corrected chi connectivity index (χ0v) is 14.0. The van der Waals surface area contributed by atoms with Crippen molar-refractivity contribution in [3.05, 3.63) is 30.1 Å². The smallest absolute Gasteiger partial charge is 0.328 e. The SMILES string of the molecule is C=CCOCC(NC(=O)c1cn(C)nc1C1CCCCC1)C(=O)O. The highest BCUT2D eigenvalue weighted by molar-refractivity contribution is 5.97. The predicted octanol–water partition coefficient (Wildman–Crippen LogP) is 1.85. The van der Waals surface area contributed by atoms with Crippen molar-refractivity contribution < 1.29 is 19.4 Å². The second-order valence-corrected chi connectivity index (χ2v) is 6.13. The minimum absolute atomic E-state index is 0.105. The lowest BCUT2D eigenvalue weighted by Gasteiger charge is -2.21. The van der Waals surface area contributed by atoms with Crippen LogP contribution in [0.5, 0.6) is 0 Å². The summed E-state index contributed by atoms with van der Waals surface area (Å²) in [6.07, 6.45) is 8.70. The lowest BCUT2D eigenvalue weighted by atomic mass is 9.85. The molecule has 0 radical (unpaired) electrons. The van der Waals surface area contributed by atoms with Gasteiger partial charge in [0.2, 0.25) is 0 Å². The number of carbonyl (C=O) groups is 2. The van der Waals surface area contributed by atoms with Gasteiger partial charge in [-0.3, -0.25) is 9.48 Å². The molecule has 1 aliphatic carbocycles. The van der Waals surface area contributed by atoms with E-state index >= 15 is 0 Å². The number of carboxylic acid groups (broad SMARTS) is 1. The summed E-state index contributed by atoms with van der Waals surface area (Å²) < 4.78 is 6.77. The summed E-state index contributed by atoms with van der Waals surface area (Å²) in [5.74, 6) is -1.28. The molecule has 132 valence electrons. The number of hydrogen-bond donors (Lipinski definition) is 2. The maximum atomic E-state index is 12.6. The fourth-order valence-electron chi connectivity index (χ4n) is 3.04. The maximum Gasteiger partial charge on any atom is 0.328 e. The third-order valence-electron chi connectivity index (χ3n) is 4.22. The number of amides is 1. The summed E-state index contributed by atoms with van der Waals surface area (Å²) in [6.45, 7) is 3.64. The summed E-state index contributed by atoms with van der Waals surface area (Å²) in [6, 6.07) is -1.10. The van der Waals surface area contributed by atoms with Gasteiger partial charge in [-0.2, -0.15) is 5.10 Å². The van der Waals surface area contributed by atoms with Gasteiger partial charge in [-0.25, -0.2) is 4.79 Å². The molecular formula is C17H25N3O4. The Kier molecular flexibility index (Phi) is 6.54. The van der Waals surface area contributed by atoms with Crippen molar-refractivity contribution >= 4 is 11.9 Å². The second kappa shape index (κ2) is 8.63. The van der Waals surface area contributed by atoms with Crippen molar-refractivity contribution in [1.82, 2.24) is 15.1 Å². The molecule has 1 saturated carbocycles. The van der Waals surface area contributed by atoms with E-state index in [1.165, 1.54) is 12.5 Å². The van der Waals surface area contributed by atoms with Crippen LogP contribution in [0.2, 0.25) is 0 Å². The van der Waals surface area contributed by atoms with Gasteiger partial charge in [-0.15, -0.1) is 6.58 Å². The lowest BCUT2D eigenvalue weighted by Crippen LogP contribution is -2.44.